The van der Waals surface area contributed by atoms with Crippen LogP contribution in [0.5, 0.6) is 11.5 Å². The fourth-order valence-electron chi connectivity index (χ4n) is 2.08. The number of benzene rings is 2. The van der Waals surface area contributed by atoms with Crippen LogP contribution in [0.1, 0.15) is 17.3 Å². The Labute approximate surface area is 154 Å². The van der Waals surface area contributed by atoms with Gasteiger partial charge < -0.3 is 20.1 Å². The molecule has 0 bridgehead atoms. The van der Waals surface area contributed by atoms with Crippen LogP contribution < -0.4 is 20.1 Å². The summed E-state index contributed by atoms with van der Waals surface area (Å²) in [5.41, 5.74) is 1.04. The van der Waals surface area contributed by atoms with E-state index < -0.39 is 0 Å². The molecule has 2 amide bonds. The zero-order valence-corrected chi connectivity index (χ0v) is 15.6. The molecule has 0 atom stereocenters. The highest BCUT2D eigenvalue weighted by molar-refractivity contribution is 9.10. The van der Waals surface area contributed by atoms with Gasteiger partial charge in [-0.2, -0.15) is 0 Å². The predicted molar refractivity (Wildman–Crippen MR) is 99.3 cm³/mol. The molecule has 0 heterocycles. The van der Waals surface area contributed by atoms with Gasteiger partial charge in [-0.15, -0.1) is 0 Å². The van der Waals surface area contributed by atoms with Crippen LogP contribution in [0.25, 0.3) is 0 Å². The molecule has 0 spiro atoms. The lowest BCUT2D eigenvalue weighted by Crippen LogP contribution is -2.32. The summed E-state index contributed by atoms with van der Waals surface area (Å²) in [7, 11) is 1.51. The Kier molecular flexibility index (Phi) is 6.82. The van der Waals surface area contributed by atoms with E-state index in [0.717, 1.165) is 4.47 Å². The number of carbonyl (C=O) groups is 2. The van der Waals surface area contributed by atoms with Gasteiger partial charge in [0, 0.05) is 15.7 Å². The van der Waals surface area contributed by atoms with Crippen molar-refractivity contribution in [2.45, 2.75) is 6.92 Å². The number of anilines is 1. The molecule has 6 nitrogen and oxygen atoms in total. The molecule has 7 heteroatoms. The minimum atomic E-state index is -0.368. The van der Waals surface area contributed by atoms with Gasteiger partial charge in [-0.25, -0.2) is 0 Å². The maximum absolute atomic E-state index is 12.2. The Hall–Kier alpha value is -2.54. The molecule has 2 aromatic carbocycles. The zero-order chi connectivity index (χ0) is 18.2. The average molecular weight is 407 g/mol. The molecule has 0 aliphatic heterocycles. The Morgan fingerprint density at radius 3 is 2.44 bits per heavy atom. The number of halogens is 1. The number of rotatable bonds is 7. The van der Waals surface area contributed by atoms with Gasteiger partial charge in [0.05, 0.1) is 20.3 Å². The summed E-state index contributed by atoms with van der Waals surface area (Å²) in [5.74, 6) is 0.351. The third-order valence-electron chi connectivity index (χ3n) is 3.26. The summed E-state index contributed by atoms with van der Waals surface area (Å²) in [6.07, 6.45) is 0. The lowest BCUT2D eigenvalue weighted by atomic mass is 10.2. The lowest BCUT2D eigenvalue weighted by Gasteiger charge is -2.11. The highest BCUT2D eigenvalue weighted by atomic mass is 79.9. The number of carbonyl (C=O) groups excluding carboxylic acids is 2. The van der Waals surface area contributed by atoms with E-state index in [1.165, 1.54) is 7.11 Å². The third kappa shape index (κ3) is 5.49. The quantitative estimate of drug-likeness (QED) is 0.739. The van der Waals surface area contributed by atoms with Crippen LogP contribution in [0.2, 0.25) is 0 Å². The van der Waals surface area contributed by atoms with Gasteiger partial charge in [0.1, 0.15) is 0 Å². The molecule has 0 unspecified atom stereocenters. The molecule has 25 heavy (non-hydrogen) atoms. The smallest absolute Gasteiger partial charge is 0.251 e. The molecular weight excluding hydrogens is 388 g/mol. The van der Waals surface area contributed by atoms with Gasteiger partial charge in [0.25, 0.3) is 5.91 Å². The second kappa shape index (κ2) is 9.08. The van der Waals surface area contributed by atoms with Crippen molar-refractivity contribution < 1.29 is 19.1 Å². The van der Waals surface area contributed by atoms with Crippen LogP contribution >= 0.6 is 15.9 Å². The van der Waals surface area contributed by atoms with Crippen LogP contribution in [0.15, 0.2) is 46.9 Å². The number of hydrogen-bond acceptors (Lipinski definition) is 4. The molecule has 0 aliphatic carbocycles. The van der Waals surface area contributed by atoms with E-state index in [-0.39, 0.29) is 18.4 Å². The van der Waals surface area contributed by atoms with Gasteiger partial charge in [-0.3, -0.25) is 9.59 Å². The molecule has 0 saturated carbocycles. The molecule has 0 saturated heterocycles. The number of ether oxygens (including phenoxy) is 2. The monoisotopic (exact) mass is 406 g/mol. The van der Waals surface area contributed by atoms with Crippen LogP contribution in [0.3, 0.4) is 0 Å². The van der Waals surface area contributed by atoms with E-state index in [4.69, 9.17) is 9.47 Å². The second-order valence-corrected chi connectivity index (χ2v) is 5.95. The van der Waals surface area contributed by atoms with Crippen LogP contribution in [-0.2, 0) is 4.79 Å². The first-order valence-electron chi connectivity index (χ1n) is 7.68. The SMILES string of the molecule is CCOc1ccc(C(=O)NCC(=O)Nc2ccc(Br)cc2)cc1OC. The first kappa shape index (κ1) is 18.8. The summed E-state index contributed by atoms with van der Waals surface area (Å²) in [6.45, 7) is 2.23. The standard InChI is InChI=1S/C18H19BrN2O4/c1-3-25-15-9-4-12(10-16(15)24-2)18(23)20-11-17(22)21-14-7-5-13(19)6-8-14/h4-10H,3,11H2,1-2H3,(H,20,23)(H,21,22). The summed E-state index contributed by atoms with van der Waals surface area (Å²) in [5, 5.41) is 5.28. The van der Waals surface area contributed by atoms with Crippen LogP contribution in [-0.4, -0.2) is 32.1 Å². The van der Waals surface area contributed by atoms with Gasteiger partial charge in [0.15, 0.2) is 11.5 Å². The number of amides is 2. The molecule has 2 N–H and O–H groups in total. The molecular formula is C18H19BrN2O4. The van der Waals surface area contributed by atoms with Gasteiger partial charge in [-0.05, 0) is 49.4 Å². The Bertz CT molecular complexity index is 747. The molecule has 132 valence electrons. The van der Waals surface area contributed by atoms with E-state index >= 15 is 0 Å². The maximum Gasteiger partial charge on any atom is 0.251 e. The molecule has 0 aliphatic rings. The molecule has 0 radical (unpaired) electrons. The third-order valence-corrected chi connectivity index (χ3v) is 3.79. The van der Waals surface area contributed by atoms with Crippen molar-refractivity contribution in [3.63, 3.8) is 0 Å². The van der Waals surface area contributed by atoms with Gasteiger partial charge in [-0.1, -0.05) is 15.9 Å². The van der Waals surface area contributed by atoms with E-state index in [0.29, 0.717) is 29.4 Å². The van der Waals surface area contributed by atoms with Crippen molar-refractivity contribution in [3.05, 3.63) is 52.5 Å². The molecule has 2 aromatic rings. The minimum absolute atomic E-state index is 0.134. The average Bonchev–Trinajstić information content (AvgIpc) is 2.62. The first-order valence-corrected chi connectivity index (χ1v) is 8.47. The summed E-state index contributed by atoms with van der Waals surface area (Å²) in [6, 6.07) is 12.0. The summed E-state index contributed by atoms with van der Waals surface area (Å²) in [4.78, 5) is 24.1. The largest absolute Gasteiger partial charge is 0.493 e. The lowest BCUT2D eigenvalue weighted by molar-refractivity contribution is -0.115. The summed E-state index contributed by atoms with van der Waals surface area (Å²) < 4.78 is 11.5. The van der Waals surface area contributed by atoms with Crippen molar-refractivity contribution in [1.29, 1.82) is 0 Å². The Balaban J connectivity index is 1.93. The highest BCUT2D eigenvalue weighted by Gasteiger charge is 2.12. The van der Waals surface area contributed by atoms with Crippen LogP contribution in [0.4, 0.5) is 5.69 Å². The Morgan fingerprint density at radius 2 is 1.80 bits per heavy atom. The second-order valence-electron chi connectivity index (χ2n) is 5.04. The van der Waals surface area contributed by atoms with Crippen molar-refractivity contribution in [2.75, 3.05) is 25.6 Å². The van der Waals surface area contributed by atoms with E-state index in [2.05, 4.69) is 26.6 Å². The van der Waals surface area contributed by atoms with Crippen molar-refractivity contribution in [1.82, 2.24) is 5.32 Å². The summed E-state index contributed by atoms with van der Waals surface area (Å²) >= 11 is 3.32. The zero-order valence-electron chi connectivity index (χ0n) is 14.0. The van der Waals surface area contributed by atoms with Gasteiger partial charge >= 0.3 is 0 Å². The highest BCUT2D eigenvalue weighted by Crippen LogP contribution is 2.27. The Morgan fingerprint density at radius 1 is 1.08 bits per heavy atom. The molecule has 0 fully saturated rings. The van der Waals surface area contributed by atoms with Crippen molar-refractivity contribution in [2.24, 2.45) is 0 Å². The predicted octanol–water partition coefficient (Wildman–Crippen LogP) is 3.22. The maximum atomic E-state index is 12.2. The van der Waals surface area contributed by atoms with E-state index in [1.807, 2.05) is 19.1 Å². The minimum Gasteiger partial charge on any atom is -0.493 e. The topological polar surface area (TPSA) is 76.7 Å². The molecule has 2 rings (SSSR count). The first-order chi connectivity index (χ1) is 12.0. The van der Waals surface area contributed by atoms with Crippen LogP contribution in [0, 0.1) is 0 Å². The van der Waals surface area contributed by atoms with E-state index in [9.17, 15) is 9.59 Å². The number of methoxy groups -OCH3 is 1. The van der Waals surface area contributed by atoms with Crippen molar-refractivity contribution >= 4 is 33.4 Å². The normalized spacial score (nSPS) is 10.0. The molecule has 0 aromatic heterocycles. The number of hydrogen-bond donors (Lipinski definition) is 2. The fraction of sp³-hybridized carbons (Fsp3) is 0.222. The fourth-order valence-corrected chi connectivity index (χ4v) is 2.35. The van der Waals surface area contributed by atoms with Gasteiger partial charge in [0.2, 0.25) is 5.91 Å². The van der Waals surface area contributed by atoms with E-state index in [1.54, 1.807) is 30.3 Å². The number of nitrogens with one attached hydrogen (secondary N) is 2. The van der Waals surface area contributed by atoms with Crippen molar-refractivity contribution in [3.8, 4) is 11.5 Å².